The van der Waals surface area contributed by atoms with Gasteiger partial charge in [0.1, 0.15) is 0 Å². The Morgan fingerprint density at radius 2 is 1.85 bits per heavy atom. The predicted molar refractivity (Wildman–Crippen MR) is 103 cm³/mol. The number of carbonyl (C=O) groups is 1. The third-order valence-electron chi connectivity index (χ3n) is 5.82. The lowest BCUT2D eigenvalue weighted by molar-refractivity contribution is 0.0732. The van der Waals surface area contributed by atoms with Crippen molar-refractivity contribution in [3.8, 4) is 0 Å². The van der Waals surface area contributed by atoms with Gasteiger partial charge in [-0.1, -0.05) is 18.6 Å². The fraction of sp³-hybridized carbons (Fsp3) is 0.524. The van der Waals surface area contributed by atoms with Crippen LogP contribution in [-0.2, 0) is 33.2 Å². The Morgan fingerprint density at radius 3 is 2.56 bits per heavy atom. The SMILES string of the molecule is Cn1nc(CO)c2c1CCN(C(=O)c1ccc(CN3CCCCC3)cc1)C2. The third kappa shape index (κ3) is 3.77. The summed E-state index contributed by atoms with van der Waals surface area (Å²) in [7, 11) is 1.90. The van der Waals surface area contributed by atoms with Crippen molar-refractivity contribution in [2.75, 3.05) is 19.6 Å². The molecule has 4 rings (SSSR count). The van der Waals surface area contributed by atoms with E-state index in [4.69, 9.17) is 0 Å². The predicted octanol–water partition coefficient (Wildman–Crippen LogP) is 2.10. The zero-order chi connectivity index (χ0) is 18.8. The summed E-state index contributed by atoms with van der Waals surface area (Å²) in [6.45, 7) is 4.44. The summed E-state index contributed by atoms with van der Waals surface area (Å²) in [5.41, 5.74) is 4.81. The number of aliphatic hydroxyl groups is 1. The van der Waals surface area contributed by atoms with Gasteiger partial charge in [-0.2, -0.15) is 5.10 Å². The number of fused-ring (bicyclic) bond motifs is 1. The Morgan fingerprint density at radius 1 is 1.11 bits per heavy atom. The molecular formula is C21H28N4O2. The number of aryl methyl sites for hydroxylation is 1. The molecule has 1 aromatic heterocycles. The standard InChI is InChI=1S/C21H28N4O2/c1-23-20-9-12-25(14-18(20)19(15-26)22-23)21(27)17-7-5-16(6-8-17)13-24-10-3-2-4-11-24/h5-8,26H,2-4,9-15H2,1H3. The van der Waals surface area contributed by atoms with E-state index in [2.05, 4.69) is 22.1 Å². The highest BCUT2D eigenvalue weighted by Gasteiger charge is 2.27. The Labute approximate surface area is 160 Å². The van der Waals surface area contributed by atoms with Crippen molar-refractivity contribution in [1.29, 1.82) is 0 Å². The maximum absolute atomic E-state index is 12.9. The highest BCUT2D eigenvalue weighted by atomic mass is 16.3. The van der Waals surface area contributed by atoms with Crippen LogP contribution in [0.5, 0.6) is 0 Å². The van der Waals surface area contributed by atoms with E-state index in [9.17, 15) is 9.90 Å². The third-order valence-corrected chi connectivity index (χ3v) is 5.82. The molecule has 1 fully saturated rings. The molecule has 0 atom stereocenters. The molecule has 1 amide bonds. The van der Waals surface area contributed by atoms with Crippen LogP contribution in [0, 0.1) is 0 Å². The van der Waals surface area contributed by atoms with Crippen LogP contribution in [0.15, 0.2) is 24.3 Å². The van der Waals surface area contributed by atoms with Gasteiger partial charge in [0.05, 0.1) is 12.3 Å². The number of rotatable bonds is 4. The number of hydrogen-bond donors (Lipinski definition) is 1. The van der Waals surface area contributed by atoms with E-state index in [0.717, 1.165) is 29.8 Å². The van der Waals surface area contributed by atoms with E-state index in [1.54, 1.807) is 0 Å². The summed E-state index contributed by atoms with van der Waals surface area (Å²) in [5.74, 6) is 0.0536. The molecular weight excluding hydrogens is 340 g/mol. The first-order valence-corrected chi connectivity index (χ1v) is 9.91. The van der Waals surface area contributed by atoms with Crippen molar-refractivity contribution >= 4 is 5.91 Å². The second-order valence-electron chi connectivity index (χ2n) is 7.66. The molecule has 2 aliphatic heterocycles. The Hall–Kier alpha value is -2.18. The number of likely N-dealkylation sites (tertiary alicyclic amines) is 1. The van der Waals surface area contributed by atoms with Gasteiger partial charge in [0.25, 0.3) is 5.91 Å². The van der Waals surface area contributed by atoms with Gasteiger partial charge in [-0.25, -0.2) is 0 Å². The van der Waals surface area contributed by atoms with E-state index in [1.165, 1.54) is 37.9 Å². The van der Waals surface area contributed by atoms with Crippen LogP contribution < -0.4 is 0 Å². The number of aliphatic hydroxyl groups excluding tert-OH is 1. The smallest absolute Gasteiger partial charge is 0.254 e. The first-order valence-electron chi connectivity index (χ1n) is 9.91. The van der Waals surface area contributed by atoms with Crippen LogP contribution in [-0.4, -0.2) is 50.2 Å². The van der Waals surface area contributed by atoms with E-state index in [0.29, 0.717) is 18.8 Å². The van der Waals surface area contributed by atoms with Gasteiger partial charge in [0.2, 0.25) is 0 Å². The van der Waals surface area contributed by atoms with Crippen molar-refractivity contribution < 1.29 is 9.90 Å². The molecule has 1 saturated heterocycles. The lowest BCUT2D eigenvalue weighted by atomic mass is 10.0. The van der Waals surface area contributed by atoms with Crippen molar-refractivity contribution in [1.82, 2.24) is 19.6 Å². The molecule has 0 bridgehead atoms. The van der Waals surface area contributed by atoms with Crippen LogP contribution in [0.3, 0.4) is 0 Å². The van der Waals surface area contributed by atoms with Gasteiger partial charge in [-0.3, -0.25) is 14.4 Å². The van der Waals surface area contributed by atoms with Gasteiger partial charge < -0.3 is 10.0 Å². The zero-order valence-electron chi connectivity index (χ0n) is 16.0. The van der Waals surface area contributed by atoms with Crippen molar-refractivity contribution in [3.05, 3.63) is 52.3 Å². The topological polar surface area (TPSA) is 61.6 Å². The van der Waals surface area contributed by atoms with Crippen LogP contribution >= 0.6 is 0 Å². The Kier molecular flexibility index (Phi) is 5.27. The molecule has 27 heavy (non-hydrogen) atoms. The molecule has 6 nitrogen and oxygen atoms in total. The number of amides is 1. The number of aromatic nitrogens is 2. The maximum atomic E-state index is 12.9. The number of carbonyl (C=O) groups excluding carboxylic acids is 1. The monoisotopic (exact) mass is 368 g/mol. The summed E-state index contributed by atoms with van der Waals surface area (Å²) in [4.78, 5) is 17.3. The molecule has 1 aromatic carbocycles. The van der Waals surface area contributed by atoms with Crippen LogP contribution in [0.4, 0.5) is 0 Å². The Balaban J connectivity index is 1.43. The minimum absolute atomic E-state index is 0.0536. The normalized spacial score (nSPS) is 17.8. The van der Waals surface area contributed by atoms with Crippen LogP contribution in [0.25, 0.3) is 0 Å². The zero-order valence-corrected chi connectivity index (χ0v) is 16.0. The molecule has 0 saturated carbocycles. The quantitative estimate of drug-likeness (QED) is 0.898. The van der Waals surface area contributed by atoms with Gasteiger partial charge in [-0.05, 0) is 43.6 Å². The minimum Gasteiger partial charge on any atom is -0.390 e. The highest BCUT2D eigenvalue weighted by molar-refractivity contribution is 5.94. The number of benzene rings is 1. The van der Waals surface area contributed by atoms with Crippen LogP contribution in [0.2, 0.25) is 0 Å². The molecule has 0 unspecified atom stereocenters. The average Bonchev–Trinajstić information content (AvgIpc) is 3.04. The van der Waals surface area contributed by atoms with Gasteiger partial charge in [0, 0.05) is 49.9 Å². The molecule has 0 spiro atoms. The summed E-state index contributed by atoms with van der Waals surface area (Å²) < 4.78 is 1.83. The molecule has 0 radical (unpaired) electrons. The van der Waals surface area contributed by atoms with Gasteiger partial charge in [-0.15, -0.1) is 0 Å². The summed E-state index contributed by atoms with van der Waals surface area (Å²) in [6.07, 6.45) is 4.70. The fourth-order valence-electron chi connectivity index (χ4n) is 4.28. The summed E-state index contributed by atoms with van der Waals surface area (Å²) in [5, 5.41) is 13.9. The average molecular weight is 368 g/mol. The number of nitrogens with zero attached hydrogens (tertiary/aromatic N) is 4. The second kappa shape index (κ2) is 7.82. The molecule has 0 aliphatic carbocycles. The van der Waals surface area contributed by atoms with Crippen molar-refractivity contribution in [2.45, 2.75) is 45.4 Å². The fourth-order valence-corrected chi connectivity index (χ4v) is 4.28. The van der Waals surface area contributed by atoms with E-state index in [-0.39, 0.29) is 12.5 Å². The molecule has 3 heterocycles. The largest absolute Gasteiger partial charge is 0.390 e. The molecule has 2 aromatic rings. The summed E-state index contributed by atoms with van der Waals surface area (Å²) >= 11 is 0. The van der Waals surface area contributed by atoms with Crippen molar-refractivity contribution in [3.63, 3.8) is 0 Å². The first-order chi connectivity index (χ1) is 13.2. The Bertz CT molecular complexity index is 806. The number of hydrogen-bond acceptors (Lipinski definition) is 4. The van der Waals surface area contributed by atoms with Gasteiger partial charge in [0.15, 0.2) is 0 Å². The second-order valence-corrected chi connectivity index (χ2v) is 7.66. The van der Waals surface area contributed by atoms with E-state index < -0.39 is 0 Å². The maximum Gasteiger partial charge on any atom is 0.254 e. The van der Waals surface area contributed by atoms with Crippen LogP contribution in [0.1, 0.15) is 52.1 Å². The summed E-state index contributed by atoms with van der Waals surface area (Å²) in [6, 6.07) is 8.07. The molecule has 2 aliphatic rings. The molecule has 144 valence electrons. The van der Waals surface area contributed by atoms with E-state index in [1.807, 2.05) is 28.8 Å². The molecule has 6 heteroatoms. The van der Waals surface area contributed by atoms with Gasteiger partial charge >= 0.3 is 0 Å². The highest BCUT2D eigenvalue weighted by Crippen LogP contribution is 2.24. The number of piperidine rings is 1. The minimum atomic E-state index is -0.0869. The van der Waals surface area contributed by atoms with Crippen molar-refractivity contribution in [2.24, 2.45) is 7.05 Å². The molecule has 1 N–H and O–H groups in total. The lowest BCUT2D eigenvalue weighted by Crippen LogP contribution is -2.36. The lowest BCUT2D eigenvalue weighted by Gasteiger charge is -2.28. The van der Waals surface area contributed by atoms with E-state index >= 15 is 0 Å². The first kappa shape index (κ1) is 18.2.